The minimum absolute atomic E-state index is 0.0979. The van der Waals surface area contributed by atoms with Gasteiger partial charge in [0.2, 0.25) is 0 Å². The molecular formula is C38H50N2O6. The second kappa shape index (κ2) is 15.9. The van der Waals surface area contributed by atoms with Gasteiger partial charge in [0.05, 0.1) is 29.0 Å². The highest BCUT2D eigenvalue weighted by Crippen LogP contribution is 2.39. The highest BCUT2D eigenvalue weighted by atomic mass is 16.6. The first-order chi connectivity index (χ1) is 22.4. The summed E-state index contributed by atoms with van der Waals surface area (Å²) in [5.74, 6) is -0.488. The van der Waals surface area contributed by atoms with Crippen molar-refractivity contribution in [1.82, 2.24) is 9.55 Å². The van der Waals surface area contributed by atoms with E-state index in [9.17, 15) is 19.5 Å². The molecule has 5 rings (SSSR count). The average Bonchev–Trinajstić information content (AvgIpc) is 3.41. The van der Waals surface area contributed by atoms with E-state index in [1.807, 2.05) is 18.2 Å². The van der Waals surface area contributed by atoms with Crippen molar-refractivity contribution in [1.29, 1.82) is 0 Å². The van der Waals surface area contributed by atoms with Gasteiger partial charge in [0.25, 0.3) is 5.56 Å². The van der Waals surface area contributed by atoms with E-state index >= 15 is 0 Å². The van der Waals surface area contributed by atoms with Crippen LogP contribution in [-0.4, -0.2) is 26.6 Å². The molecular weight excluding hydrogens is 580 g/mol. The number of ether oxygens (including phenoxy) is 2. The predicted octanol–water partition coefficient (Wildman–Crippen LogP) is 8.25. The van der Waals surface area contributed by atoms with Gasteiger partial charge < -0.3 is 19.1 Å². The number of nitrogens with zero attached hydrogens (tertiary/aromatic N) is 2. The van der Waals surface area contributed by atoms with E-state index in [2.05, 4.69) is 6.92 Å². The van der Waals surface area contributed by atoms with Crippen molar-refractivity contribution >= 4 is 22.8 Å². The number of fused-ring (bicyclic) bond motifs is 5. The Morgan fingerprint density at radius 2 is 1.52 bits per heavy atom. The summed E-state index contributed by atoms with van der Waals surface area (Å²) in [5, 5.41) is 11.9. The van der Waals surface area contributed by atoms with E-state index in [0.717, 1.165) is 30.2 Å². The number of carbonyl (C=O) groups excluding carboxylic acids is 2. The molecule has 1 N–H and O–H groups in total. The molecule has 2 aliphatic rings. The second-order valence-electron chi connectivity index (χ2n) is 13.1. The van der Waals surface area contributed by atoms with E-state index in [4.69, 9.17) is 14.5 Å². The van der Waals surface area contributed by atoms with Gasteiger partial charge in [-0.15, -0.1) is 0 Å². The fourth-order valence-electron chi connectivity index (χ4n) is 6.85. The molecule has 0 saturated heterocycles. The predicted molar refractivity (Wildman–Crippen MR) is 180 cm³/mol. The third-order valence-electron chi connectivity index (χ3n) is 9.70. The lowest BCUT2D eigenvalue weighted by Crippen LogP contribution is -2.44. The van der Waals surface area contributed by atoms with Gasteiger partial charge in [-0.1, -0.05) is 104 Å². The fourth-order valence-corrected chi connectivity index (χ4v) is 6.85. The van der Waals surface area contributed by atoms with Crippen molar-refractivity contribution in [3.63, 3.8) is 0 Å². The normalized spacial score (nSPS) is 16.6. The van der Waals surface area contributed by atoms with Crippen molar-refractivity contribution in [2.24, 2.45) is 0 Å². The molecule has 0 aliphatic carbocycles. The van der Waals surface area contributed by atoms with Gasteiger partial charge in [0.15, 0.2) is 5.60 Å². The van der Waals surface area contributed by atoms with Crippen LogP contribution in [0.5, 0.6) is 5.75 Å². The Bertz CT molecular complexity index is 1590. The van der Waals surface area contributed by atoms with Gasteiger partial charge in [0, 0.05) is 22.9 Å². The second-order valence-corrected chi connectivity index (χ2v) is 13.1. The zero-order chi connectivity index (χ0) is 32.5. The van der Waals surface area contributed by atoms with Crippen LogP contribution in [0.2, 0.25) is 0 Å². The van der Waals surface area contributed by atoms with E-state index < -0.39 is 11.6 Å². The molecule has 2 aliphatic heterocycles. The zero-order valence-corrected chi connectivity index (χ0v) is 27.7. The Morgan fingerprint density at radius 3 is 2.15 bits per heavy atom. The summed E-state index contributed by atoms with van der Waals surface area (Å²) >= 11 is 0. The standard InChI is InChI=1S/C38H50N2O6/c1-3-5-6-7-8-9-10-11-12-13-14-15-16-17-18-19-34(41)46-29-20-21-32-27(23-29)22-28-25-40-33(35(28)39-32)24-31-30(36(40)42)26-45-37(43)38(31,44)4-2/h20-24,44H,3-19,25-26H2,1-2H3/t38-/m0/s1. The maximum absolute atomic E-state index is 13.4. The first-order valence-corrected chi connectivity index (χ1v) is 17.7. The highest BCUT2D eigenvalue weighted by Gasteiger charge is 2.45. The van der Waals surface area contributed by atoms with Gasteiger partial charge in [-0.2, -0.15) is 0 Å². The molecule has 8 heteroatoms. The molecule has 0 unspecified atom stereocenters. The monoisotopic (exact) mass is 630 g/mol. The number of esters is 2. The van der Waals surface area contributed by atoms with Crippen LogP contribution in [0.15, 0.2) is 35.1 Å². The number of hydrogen-bond acceptors (Lipinski definition) is 7. The zero-order valence-electron chi connectivity index (χ0n) is 27.7. The van der Waals surface area contributed by atoms with Crippen LogP contribution >= 0.6 is 0 Å². The summed E-state index contributed by atoms with van der Waals surface area (Å²) in [6.07, 6.45) is 19.8. The van der Waals surface area contributed by atoms with E-state index in [-0.39, 0.29) is 24.6 Å². The fraction of sp³-hybridized carbons (Fsp3) is 0.579. The maximum atomic E-state index is 13.4. The van der Waals surface area contributed by atoms with E-state index in [0.29, 0.717) is 46.7 Å². The minimum atomic E-state index is -1.85. The third-order valence-corrected chi connectivity index (χ3v) is 9.70. The molecule has 0 spiro atoms. The van der Waals surface area contributed by atoms with Crippen molar-refractivity contribution in [3.8, 4) is 17.1 Å². The third kappa shape index (κ3) is 7.71. The number of aliphatic hydroxyl groups is 1. The van der Waals surface area contributed by atoms with Gasteiger partial charge in [0.1, 0.15) is 12.4 Å². The van der Waals surface area contributed by atoms with E-state index in [1.54, 1.807) is 23.6 Å². The number of cyclic esters (lactones) is 1. The highest BCUT2D eigenvalue weighted by molar-refractivity contribution is 5.87. The molecule has 0 fully saturated rings. The summed E-state index contributed by atoms with van der Waals surface area (Å²) in [6, 6.07) is 9.03. The molecule has 0 radical (unpaired) electrons. The van der Waals surface area contributed by atoms with E-state index in [1.165, 1.54) is 77.0 Å². The van der Waals surface area contributed by atoms with Crippen LogP contribution in [-0.2, 0) is 33.1 Å². The number of hydrogen-bond donors (Lipinski definition) is 1. The number of carbonyl (C=O) groups is 2. The van der Waals surface area contributed by atoms with Crippen LogP contribution in [0.3, 0.4) is 0 Å². The molecule has 248 valence electrons. The summed E-state index contributed by atoms with van der Waals surface area (Å²) in [4.78, 5) is 43.2. The van der Waals surface area contributed by atoms with Crippen molar-refractivity contribution in [2.75, 3.05) is 0 Å². The lowest BCUT2D eigenvalue weighted by Gasteiger charge is -2.31. The number of unbranched alkanes of at least 4 members (excludes halogenated alkanes) is 14. The lowest BCUT2D eigenvalue weighted by molar-refractivity contribution is -0.172. The Labute approximate surface area is 272 Å². The Hall–Kier alpha value is -3.52. The average molecular weight is 631 g/mol. The molecule has 1 aromatic carbocycles. The Morgan fingerprint density at radius 1 is 0.891 bits per heavy atom. The number of pyridine rings is 2. The van der Waals surface area contributed by atoms with Crippen LogP contribution in [0.25, 0.3) is 22.3 Å². The van der Waals surface area contributed by atoms with Gasteiger partial charge in [-0.3, -0.25) is 9.59 Å². The molecule has 0 saturated carbocycles. The first-order valence-electron chi connectivity index (χ1n) is 17.7. The van der Waals surface area contributed by atoms with Crippen molar-refractivity contribution < 1.29 is 24.2 Å². The number of aromatic nitrogens is 2. The number of rotatable bonds is 18. The molecule has 1 atom stereocenters. The Balaban J connectivity index is 1.07. The van der Waals surface area contributed by atoms with Crippen LogP contribution < -0.4 is 10.3 Å². The molecule has 0 amide bonds. The van der Waals surface area contributed by atoms with Crippen molar-refractivity contribution in [3.05, 3.63) is 57.4 Å². The molecule has 2 aromatic heterocycles. The van der Waals surface area contributed by atoms with Gasteiger partial charge in [-0.05, 0) is 43.2 Å². The first kappa shape index (κ1) is 33.8. The SMILES string of the molecule is CCCCCCCCCCCCCCCCCC(=O)Oc1ccc2nc3c(cc2c1)Cn1c-3cc2c(c1=O)COC(=O)[C@]2(O)CC. The summed E-state index contributed by atoms with van der Waals surface area (Å²) < 4.78 is 12.4. The summed E-state index contributed by atoms with van der Waals surface area (Å²) in [5.41, 5.74) is 1.21. The van der Waals surface area contributed by atoms with Crippen LogP contribution in [0.1, 0.15) is 140 Å². The quantitative estimate of drug-likeness (QED) is 0.0670. The van der Waals surface area contributed by atoms with Crippen LogP contribution in [0, 0.1) is 0 Å². The molecule has 0 bridgehead atoms. The molecule has 8 nitrogen and oxygen atoms in total. The van der Waals surface area contributed by atoms with Crippen LogP contribution in [0.4, 0.5) is 0 Å². The lowest BCUT2D eigenvalue weighted by atomic mass is 9.86. The Kier molecular flexibility index (Phi) is 11.7. The number of benzene rings is 1. The summed E-state index contributed by atoms with van der Waals surface area (Å²) in [6.45, 7) is 4.12. The molecule has 3 aromatic rings. The minimum Gasteiger partial charge on any atom is -0.458 e. The van der Waals surface area contributed by atoms with Crippen molar-refractivity contribution in [2.45, 2.75) is 142 Å². The maximum Gasteiger partial charge on any atom is 0.343 e. The van der Waals surface area contributed by atoms with Gasteiger partial charge >= 0.3 is 11.9 Å². The molecule has 46 heavy (non-hydrogen) atoms. The topological polar surface area (TPSA) is 108 Å². The smallest absolute Gasteiger partial charge is 0.343 e. The molecule has 4 heterocycles. The largest absolute Gasteiger partial charge is 0.458 e. The van der Waals surface area contributed by atoms with Gasteiger partial charge in [-0.25, -0.2) is 9.78 Å². The summed E-state index contributed by atoms with van der Waals surface area (Å²) in [7, 11) is 0.